The van der Waals surface area contributed by atoms with Gasteiger partial charge in [-0.15, -0.1) is 13.2 Å². The molecule has 0 atom stereocenters. The topological polar surface area (TPSA) is 66.1 Å². The smallest absolute Gasteiger partial charge is 0.505 e. The van der Waals surface area contributed by atoms with Crippen molar-refractivity contribution in [2.24, 2.45) is 0 Å². The lowest BCUT2D eigenvalue weighted by molar-refractivity contribution is -0.276. The van der Waals surface area contributed by atoms with Gasteiger partial charge >= 0.3 is 6.36 Å². The lowest BCUT2D eigenvalue weighted by atomic mass is 10.1. The van der Waals surface area contributed by atoms with E-state index in [0.29, 0.717) is 6.07 Å². The van der Waals surface area contributed by atoms with Crippen molar-refractivity contribution < 1.29 is 31.8 Å². The fourth-order valence-corrected chi connectivity index (χ4v) is 1.13. The molecule has 0 aromatic carbocycles. The second kappa shape index (κ2) is 5.03. The average molecular weight is 268 g/mol. The van der Waals surface area contributed by atoms with E-state index in [0.717, 1.165) is 0 Å². The number of halogens is 5. The zero-order chi connectivity index (χ0) is 13.9. The maximum absolute atomic E-state index is 12.4. The quantitative estimate of drug-likeness (QED) is 0.856. The van der Waals surface area contributed by atoms with Crippen LogP contribution < -0.4 is 4.74 Å². The number of aromatic hydroxyl groups is 1. The van der Waals surface area contributed by atoms with Gasteiger partial charge in [-0.3, -0.25) is 0 Å². The van der Waals surface area contributed by atoms with Crippen molar-refractivity contribution in [3.8, 4) is 17.7 Å². The first-order valence-electron chi connectivity index (χ1n) is 4.38. The van der Waals surface area contributed by atoms with Crippen LogP contribution in [0.15, 0.2) is 6.07 Å². The van der Waals surface area contributed by atoms with Crippen molar-refractivity contribution in [2.45, 2.75) is 19.2 Å². The number of hydrogen-bond donors (Lipinski definition) is 1. The van der Waals surface area contributed by atoms with Crippen molar-refractivity contribution in [1.82, 2.24) is 4.98 Å². The van der Waals surface area contributed by atoms with Gasteiger partial charge < -0.3 is 9.84 Å². The van der Waals surface area contributed by atoms with Gasteiger partial charge in [-0.05, 0) is 0 Å². The molecule has 0 unspecified atom stereocenters. The van der Waals surface area contributed by atoms with Crippen LogP contribution in [0.1, 0.15) is 17.7 Å². The summed E-state index contributed by atoms with van der Waals surface area (Å²) in [5.41, 5.74) is -1.68. The summed E-state index contributed by atoms with van der Waals surface area (Å²) >= 11 is 0. The molecule has 0 aliphatic rings. The average Bonchev–Trinajstić information content (AvgIpc) is 2.20. The number of alkyl halides is 5. The maximum Gasteiger partial charge on any atom is 0.574 e. The minimum Gasteiger partial charge on any atom is -0.505 e. The van der Waals surface area contributed by atoms with E-state index in [9.17, 15) is 27.1 Å². The van der Waals surface area contributed by atoms with E-state index >= 15 is 0 Å². The summed E-state index contributed by atoms with van der Waals surface area (Å²) < 4.78 is 64.0. The molecule has 1 heterocycles. The van der Waals surface area contributed by atoms with E-state index in [-0.39, 0.29) is 0 Å². The Morgan fingerprint density at radius 3 is 2.50 bits per heavy atom. The lowest BCUT2D eigenvalue weighted by Gasteiger charge is -2.12. The molecular formula is C9H5F5N2O2. The summed E-state index contributed by atoms with van der Waals surface area (Å²) in [6, 6.07) is 2.09. The second-order valence-corrected chi connectivity index (χ2v) is 3.04. The molecule has 9 heteroatoms. The van der Waals surface area contributed by atoms with Crippen LogP contribution in [-0.4, -0.2) is 16.5 Å². The Labute approximate surface area is 97.2 Å². The predicted molar refractivity (Wildman–Crippen MR) is 46.9 cm³/mol. The van der Waals surface area contributed by atoms with Crippen LogP contribution in [0.4, 0.5) is 22.0 Å². The number of nitriles is 1. The van der Waals surface area contributed by atoms with E-state index in [4.69, 9.17) is 5.26 Å². The van der Waals surface area contributed by atoms with E-state index in [1.54, 1.807) is 0 Å². The minimum absolute atomic E-state index is 0.415. The molecule has 0 aliphatic carbocycles. The van der Waals surface area contributed by atoms with Crippen LogP contribution in [0.5, 0.6) is 11.6 Å². The first kappa shape index (κ1) is 14.0. The van der Waals surface area contributed by atoms with Crippen LogP contribution in [0.25, 0.3) is 0 Å². The van der Waals surface area contributed by atoms with Gasteiger partial charge in [0.2, 0.25) is 5.88 Å². The van der Waals surface area contributed by atoms with Gasteiger partial charge in [-0.1, -0.05) is 0 Å². The first-order chi connectivity index (χ1) is 8.24. The van der Waals surface area contributed by atoms with Gasteiger partial charge in [-0.25, -0.2) is 13.8 Å². The fraction of sp³-hybridized carbons (Fsp3) is 0.333. The van der Waals surface area contributed by atoms with Crippen molar-refractivity contribution in [1.29, 1.82) is 5.26 Å². The molecule has 0 radical (unpaired) electrons. The van der Waals surface area contributed by atoms with Crippen LogP contribution >= 0.6 is 0 Å². The molecule has 1 rings (SSSR count). The normalized spacial score (nSPS) is 11.4. The van der Waals surface area contributed by atoms with Crippen LogP contribution in [0.3, 0.4) is 0 Å². The predicted octanol–water partition coefficient (Wildman–Crippen LogP) is 2.69. The highest BCUT2D eigenvalue weighted by Crippen LogP contribution is 2.33. The molecule has 4 nitrogen and oxygen atoms in total. The Hall–Kier alpha value is -2.11. The van der Waals surface area contributed by atoms with Gasteiger partial charge in [-0.2, -0.15) is 5.26 Å². The third kappa shape index (κ3) is 3.44. The monoisotopic (exact) mass is 268 g/mol. The SMILES string of the molecule is N#CCc1cc(OC(F)(F)F)nc(C(F)F)c1O. The molecule has 0 saturated carbocycles. The van der Waals surface area contributed by atoms with E-state index in [2.05, 4.69) is 9.72 Å². The van der Waals surface area contributed by atoms with Gasteiger partial charge in [0.1, 0.15) is 5.75 Å². The Balaban J connectivity index is 3.25. The molecule has 0 spiro atoms. The molecule has 1 N–H and O–H groups in total. The van der Waals surface area contributed by atoms with Crippen LogP contribution in [-0.2, 0) is 6.42 Å². The molecule has 1 aromatic heterocycles. The van der Waals surface area contributed by atoms with E-state index in [1.807, 2.05) is 0 Å². The summed E-state index contributed by atoms with van der Waals surface area (Å²) in [5, 5.41) is 17.6. The highest BCUT2D eigenvalue weighted by Gasteiger charge is 2.33. The zero-order valence-corrected chi connectivity index (χ0v) is 8.50. The highest BCUT2D eigenvalue weighted by atomic mass is 19.4. The fourth-order valence-electron chi connectivity index (χ4n) is 1.13. The summed E-state index contributed by atoms with van der Waals surface area (Å²) in [7, 11) is 0. The number of rotatable bonds is 3. The van der Waals surface area contributed by atoms with Crippen LogP contribution in [0.2, 0.25) is 0 Å². The number of aromatic nitrogens is 1. The second-order valence-electron chi connectivity index (χ2n) is 3.04. The van der Waals surface area contributed by atoms with Crippen molar-refractivity contribution in [2.75, 3.05) is 0 Å². The summed E-state index contributed by atoms with van der Waals surface area (Å²) in [5.74, 6) is -2.16. The molecule has 0 fully saturated rings. The Morgan fingerprint density at radius 1 is 1.44 bits per heavy atom. The Morgan fingerprint density at radius 2 is 2.06 bits per heavy atom. The Bertz CT molecular complexity index is 481. The lowest BCUT2D eigenvalue weighted by Crippen LogP contribution is -2.18. The molecular weight excluding hydrogens is 263 g/mol. The number of ether oxygens (including phenoxy) is 1. The zero-order valence-electron chi connectivity index (χ0n) is 8.50. The third-order valence-electron chi connectivity index (χ3n) is 1.77. The van der Waals surface area contributed by atoms with Crippen molar-refractivity contribution in [3.63, 3.8) is 0 Å². The van der Waals surface area contributed by atoms with Gasteiger partial charge in [0.15, 0.2) is 5.69 Å². The summed E-state index contributed by atoms with van der Waals surface area (Å²) in [6.07, 6.45) is -8.95. The minimum atomic E-state index is -5.10. The molecule has 0 bridgehead atoms. The standard InChI is InChI=1S/C9H5F5N2O2/c10-8(11)6-7(17)4(1-2-15)3-5(16-6)18-9(12,13)14/h3,8,17H,1H2. The maximum atomic E-state index is 12.4. The third-order valence-corrected chi connectivity index (χ3v) is 1.77. The largest absolute Gasteiger partial charge is 0.574 e. The summed E-state index contributed by atoms with van der Waals surface area (Å²) in [4.78, 5) is 2.85. The van der Waals surface area contributed by atoms with Crippen molar-refractivity contribution >= 4 is 0 Å². The van der Waals surface area contributed by atoms with Crippen molar-refractivity contribution in [3.05, 3.63) is 17.3 Å². The van der Waals surface area contributed by atoms with Crippen LogP contribution in [0, 0.1) is 11.3 Å². The van der Waals surface area contributed by atoms with Gasteiger partial charge in [0.05, 0.1) is 12.5 Å². The van der Waals surface area contributed by atoms with E-state index < -0.39 is 42.1 Å². The molecule has 98 valence electrons. The number of pyridine rings is 1. The molecule has 1 aromatic rings. The van der Waals surface area contributed by atoms with E-state index in [1.165, 1.54) is 6.07 Å². The molecule has 0 amide bonds. The van der Waals surface area contributed by atoms with Gasteiger partial charge in [0, 0.05) is 11.6 Å². The number of nitrogens with zero attached hydrogens (tertiary/aromatic N) is 2. The highest BCUT2D eigenvalue weighted by molar-refractivity contribution is 5.41. The molecule has 0 saturated heterocycles. The number of hydrogen-bond acceptors (Lipinski definition) is 4. The van der Waals surface area contributed by atoms with Gasteiger partial charge in [0.25, 0.3) is 6.43 Å². The first-order valence-corrected chi connectivity index (χ1v) is 4.38. The molecule has 18 heavy (non-hydrogen) atoms. The Kier molecular flexibility index (Phi) is 3.90. The molecule has 0 aliphatic heterocycles. The summed E-state index contributed by atoms with van der Waals surface area (Å²) in [6.45, 7) is 0.